The quantitative estimate of drug-likeness (QED) is 0.402. The molecular formula is C19H23ClN2O6. The van der Waals surface area contributed by atoms with Crippen molar-refractivity contribution in [2.75, 3.05) is 20.3 Å². The second kappa shape index (κ2) is 9.45. The molecule has 0 bridgehead atoms. The summed E-state index contributed by atoms with van der Waals surface area (Å²) < 4.78 is 16.0. The van der Waals surface area contributed by atoms with Crippen LogP contribution in [0.5, 0.6) is 11.5 Å². The number of nitrogens with one attached hydrogen (secondary N) is 1. The number of ether oxygens (including phenoxy) is 3. The van der Waals surface area contributed by atoms with Crippen molar-refractivity contribution in [3.63, 3.8) is 0 Å². The van der Waals surface area contributed by atoms with Gasteiger partial charge in [-0.2, -0.15) is 0 Å². The van der Waals surface area contributed by atoms with E-state index in [1.165, 1.54) is 13.2 Å². The molecule has 3 amide bonds. The lowest BCUT2D eigenvalue weighted by molar-refractivity contribution is -0.143. The highest BCUT2D eigenvalue weighted by atomic mass is 35.5. The van der Waals surface area contributed by atoms with E-state index in [1.807, 2.05) is 20.8 Å². The largest absolute Gasteiger partial charge is 0.490 e. The standard InChI is InChI=1S/C19H23ClN2O6/c1-5-11(3)28-17-13(20)7-12(9-15(17)27-6-2)8-14-18(24)22(19(25)21-14)10-16(23)26-4/h7-9,11H,5-6,10H2,1-4H3,(H,21,25)/b14-8+/t11-/m0/s1. The van der Waals surface area contributed by atoms with Gasteiger partial charge in [-0.25, -0.2) is 9.69 Å². The molecule has 1 aliphatic rings. The number of carbonyl (C=O) groups excluding carboxylic acids is 3. The average Bonchev–Trinajstić information content (AvgIpc) is 2.91. The first-order chi connectivity index (χ1) is 13.3. The number of methoxy groups -OCH3 is 1. The number of hydrogen-bond acceptors (Lipinski definition) is 6. The van der Waals surface area contributed by atoms with Gasteiger partial charge in [-0.1, -0.05) is 18.5 Å². The van der Waals surface area contributed by atoms with Gasteiger partial charge in [-0.3, -0.25) is 9.59 Å². The van der Waals surface area contributed by atoms with E-state index < -0.39 is 24.5 Å². The van der Waals surface area contributed by atoms with Gasteiger partial charge in [0.2, 0.25) is 0 Å². The van der Waals surface area contributed by atoms with Crippen molar-refractivity contribution < 1.29 is 28.6 Å². The second-order valence-corrected chi connectivity index (χ2v) is 6.46. The van der Waals surface area contributed by atoms with Crippen LogP contribution in [0.3, 0.4) is 0 Å². The molecule has 0 saturated carbocycles. The zero-order valence-electron chi connectivity index (χ0n) is 16.2. The summed E-state index contributed by atoms with van der Waals surface area (Å²) in [6.45, 7) is 5.68. The van der Waals surface area contributed by atoms with Gasteiger partial charge in [-0.05, 0) is 44.0 Å². The summed E-state index contributed by atoms with van der Waals surface area (Å²) in [7, 11) is 1.18. The second-order valence-electron chi connectivity index (χ2n) is 6.06. The minimum absolute atomic E-state index is 0.0167. The Morgan fingerprint density at radius 1 is 1.32 bits per heavy atom. The molecular weight excluding hydrogens is 388 g/mol. The van der Waals surface area contributed by atoms with Crippen LogP contribution >= 0.6 is 11.6 Å². The van der Waals surface area contributed by atoms with Crippen molar-refractivity contribution >= 4 is 35.6 Å². The monoisotopic (exact) mass is 410 g/mol. The molecule has 1 aromatic carbocycles. The number of halogens is 1. The van der Waals surface area contributed by atoms with Crippen LogP contribution in [-0.2, 0) is 14.3 Å². The summed E-state index contributed by atoms with van der Waals surface area (Å²) in [6.07, 6.45) is 2.20. The number of imide groups is 1. The third-order valence-electron chi connectivity index (χ3n) is 4.01. The first-order valence-corrected chi connectivity index (χ1v) is 9.22. The Labute approximate surface area is 168 Å². The van der Waals surface area contributed by atoms with Gasteiger partial charge in [0.1, 0.15) is 12.2 Å². The molecule has 0 spiro atoms. The van der Waals surface area contributed by atoms with Crippen LogP contribution in [0.15, 0.2) is 17.8 Å². The fourth-order valence-corrected chi connectivity index (χ4v) is 2.67. The smallest absolute Gasteiger partial charge is 0.329 e. The van der Waals surface area contributed by atoms with Crippen LogP contribution in [0, 0.1) is 0 Å². The fourth-order valence-electron chi connectivity index (χ4n) is 2.41. The molecule has 1 aliphatic heterocycles. The lowest BCUT2D eigenvalue weighted by atomic mass is 10.1. The molecule has 0 aliphatic carbocycles. The van der Waals surface area contributed by atoms with Crippen molar-refractivity contribution in [1.29, 1.82) is 0 Å². The normalized spacial score (nSPS) is 16.2. The van der Waals surface area contributed by atoms with Crippen molar-refractivity contribution in [2.45, 2.75) is 33.3 Å². The SMILES string of the molecule is CCOc1cc(/C=C2/NC(=O)N(CC(=O)OC)C2=O)cc(Cl)c1O[C@@H](C)CC. The maximum absolute atomic E-state index is 12.4. The Hall–Kier alpha value is -2.74. The summed E-state index contributed by atoms with van der Waals surface area (Å²) in [5.41, 5.74) is 0.552. The Morgan fingerprint density at radius 2 is 2.04 bits per heavy atom. The fraction of sp³-hybridized carbons (Fsp3) is 0.421. The third kappa shape index (κ3) is 4.95. The van der Waals surface area contributed by atoms with E-state index in [0.717, 1.165) is 11.3 Å². The van der Waals surface area contributed by atoms with E-state index in [0.29, 0.717) is 28.7 Å². The summed E-state index contributed by atoms with van der Waals surface area (Å²) >= 11 is 6.36. The third-order valence-corrected chi connectivity index (χ3v) is 4.29. The predicted octanol–water partition coefficient (Wildman–Crippen LogP) is 2.98. The van der Waals surface area contributed by atoms with E-state index in [2.05, 4.69) is 10.1 Å². The molecule has 0 radical (unpaired) electrons. The van der Waals surface area contributed by atoms with E-state index >= 15 is 0 Å². The highest BCUT2D eigenvalue weighted by molar-refractivity contribution is 6.32. The number of urea groups is 1. The number of amides is 3. The molecule has 9 heteroatoms. The summed E-state index contributed by atoms with van der Waals surface area (Å²) in [5.74, 6) is -0.471. The highest BCUT2D eigenvalue weighted by Gasteiger charge is 2.35. The molecule has 0 unspecified atom stereocenters. The van der Waals surface area contributed by atoms with E-state index in [4.69, 9.17) is 21.1 Å². The number of benzene rings is 1. The van der Waals surface area contributed by atoms with Gasteiger partial charge in [0, 0.05) is 0 Å². The molecule has 1 saturated heterocycles. The topological polar surface area (TPSA) is 94.2 Å². The zero-order chi connectivity index (χ0) is 20.8. The van der Waals surface area contributed by atoms with Crippen molar-refractivity contribution in [2.24, 2.45) is 0 Å². The molecule has 1 fully saturated rings. The Morgan fingerprint density at radius 3 is 2.64 bits per heavy atom. The number of nitrogens with zero attached hydrogens (tertiary/aromatic N) is 1. The van der Waals surface area contributed by atoms with Gasteiger partial charge in [0.15, 0.2) is 11.5 Å². The van der Waals surface area contributed by atoms with Crippen LogP contribution in [-0.4, -0.2) is 49.2 Å². The molecule has 1 aromatic rings. The van der Waals surface area contributed by atoms with Crippen molar-refractivity contribution in [3.05, 3.63) is 28.4 Å². The molecule has 2 rings (SSSR count). The van der Waals surface area contributed by atoms with Crippen LogP contribution in [0.4, 0.5) is 4.79 Å². The first kappa shape index (κ1) is 21.6. The lowest BCUT2D eigenvalue weighted by Crippen LogP contribution is -2.36. The number of esters is 1. The van der Waals surface area contributed by atoms with Crippen LogP contribution < -0.4 is 14.8 Å². The predicted molar refractivity (Wildman–Crippen MR) is 103 cm³/mol. The van der Waals surface area contributed by atoms with Crippen molar-refractivity contribution in [3.8, 4) is 11.5 Å². The zero-order valence-corrected chi connectivity index (χ0v) is 17.0. The molecule has 1 N–H and O–H groups in total. The Bertz CT molecular complexity index is 808. The van der Waals surface area contributed by atoms with Gasteiger partial charge in [0.25, 0.3) is 5.91 Å². The molecule has 0 aromatic heterocycles. The number of carbonyl (C=O) groups is 3. The minimum Gasteiger partial charge on any atom is -0.490 e. The van der Waals surface area contributed by atoms with Gasteiger partial charge in [0.05, 0.1) is 24.8 Å². The maximum atomic E-state index is 12.4. The van der Waals surface area contributed by atoms with E-state index in [1.54, 1.807) is 12.1 Å². The minimum atomic E-state index is -0.700. The highest BCUT2D eigenvalue weighted by Crippen LogP contribution is 2.38. The Kier molecular flexibility index (Phi) is 7.28. The summed E-state index contributed by atoms with van der Waals surface area (Å²) in [4.78, 5) is 36.5. The number of rotatable bonds is 8. The first-order valence-electron chi connectivity index (χ1n) is 8.85. The van der Waals surface area contributed by atoms with Crippen LogP contribution in [0.1, 0.15) is 32.8 Å². The van der Waals surface area contributed by atoms with Crippen LogP contribution in [0.2, 0.25) is 5.02 Å². The van der Waals surface area contributed by atoms with Gasteiger partial charge < -0.3 is 19.5 Å². The molecule has 28 heavy (non-hydrogen) atoms. The molecule has 1 heterocycles. The Balaban J connectivity index is 2.33. The van der Waals surface area contributed by atoms with Crippen molar-refractivity contribution in [1.82, 2.24) is 10.2 Å². The molecule has 152 valence electrons. The lowest BCUT2D eigenvalue weighted by Gasteiger charge is -2.18. The number of hydrogen-bond donors (Lipinski definition) is 1. The van der Waals surface area contributed by atoms with Gasteiger partial charge >= 0.3 is 12.0 Å². The van der Waals surface area contributed by atoms with E-state index in [-0.39, 0.29) is 11.8 Å². The summed E-state index contributed by atoms with van der Waals surface area (Å²) in [5, 5.41) is 2.75. The maximum Gasteiger partial charge on any atom is 0.329 e. The molecule has 8 nitrogen and oxygen atoms in total. The average molecular weight is 411 g/mol. The molecule has 1 atom stereocenters. The summed E-state index contributed by atoms with van der Waals surface area (Å²) in [6, 6.07) is 2.58. The van der Waals surface area contributed by atoms with E-state index in [9.17, 15) is 14.4 Å². The van der Waals surface area contributed by atoms with Crippen LogP contribution in [0.25, 0.3) is 6.08 Å². The van der Waals surface area contributed by atoms with Gasteiger partial charge in [-0.15, -0.1) is 0 Å².